The number of carbonyl (C=O) groups excluding carboxylic acids is 1. The molecule has 1 aliphatic rings. The van der Waals surface area contributed by atoms with Crippen LogP contribution < -0.4 is 10.6 Å². The van der Waals surface area contributed by atoms with Gasteiger partial charge in [-0.25, -0.2) is 4.79 Å². The van der Waals surface area contributed by atoms with Crippen LogP contribution in [0.25, 0.3) is 0 Å². The van der Waals surface area contributed by atoms with Crippen LogP contribution in [0, 0.1) is 5.92 Å². The molecule has 3 rings (SSSR count). The number of aromatic carboxylic acids is 1. The summed E-state index contributed by atoms with van der Waals surface area (Å²) in [6, 6.07) is 11.5. The Hall–Kier alpha value is -1.83. The highest BCUT2D eigenvalue weighted by molar-refractivity contribution is 6.42. The molecule has 0 radical (unpaired) electrons. The van der Waals surface area contributed by atoms with Crippen LogP contribution in [0.4, 0.5) is 0 Å². The van der Waals surface area contributed by atoms with Crippen LogP contribution in [0.1, 0.15) is 32.4 Å². The number of carbonyl (C=O) groups is 2. The van der Waals surface area contributed by atoms with Gasteiger partial charge in [-0.15, -0.1) is 12.4 Å². The molecule has 9 heteroatoms. The van der Waals surface area contributed by atoms with Gasteiger partial charge in [0.15, 0.2) is 0 Å². The summed E-state index contributed by atoms with van der Waals surface area (Å²) in [5.74, 6) is -1.64. The largest absolute Gasteiger partial charge is 0.478 e. The van der Waals surface area contributed by atoms with Crippen molar-refractivity contribution < 1.29 is 19.4 Å². The second-order valence-electron chi connectivity index (χ2n) is 6.49. The maximum atomic E-state index is 12.6. The number of amides is 1. The molecule has 1 fully saturated rings. The van der Waals surface area contributed by atoms with Gasteiger partial charge in [0.2, 0.25) is 0 Å². The number of hydrogen-bond donors (Lipinski definition) is 3. The number of nitrogens with one attached hydrogen (secondary N) is 2. The second-order valence-corrected chi connectivity index (χ2v) is 7.30. The molecule has 1 heterocycles. The van der Waals surface area contributed by atoms with Crippen LogP contribution in [0.3, 0.4) is 0 Å². The van der Waals surface area contributed by atoms with Gasteiger partial charge in [0.05, 0.1) is 33.9 Å². The highest BCUT2D eigenvalue weighted by atomic mass is 35.5. The first-order chi connectivity index (χ1) is 13.5. The zero-order chi connectivity index (χ0) is 20.1. The predicted molar refractivity (Wildman–Crippen MR) is 114 cm³/mol. The topological polar surface area (TPSA) is 87.7 Å². The summed E-state index contributed by atoms with van der Waals surface area (Å²) in [6.45, 7) is 2.16. The van der Waals surface area contributed by atoms with Gasteiger partial charge in [-0.2, -0.15) is 0 Å². The van der Waals surface area contributed by atoms with Crippen molar-refractivity contribution in [3.63, 3.8) is 0 Å². The molecule has 0 unspecified atom stereocenters. The van der Waals surface area contributed by atoms with Gasteiger partial charge in [0.25, 0.3) is 5.91 Å². The van der Waals surface area contributed by atoms with Crippen molar-refractivity contribution in [1.82, 2.24) is 10.6 Å². The fourth-order valence-corrected chi connectivity index (χ4v) is 3.52. The standard InChI is InChI=1S/C20H20Cl2N2O4.ClH/c21-16-6-5-12(9-17(16)22)18-13(10-23-7-8-28-18)11-24-19(25)14-3-1-2-4-15(14)20(26)27;/h1-6,9,13,18,23H,7-8,10-11H2,(H,24,25)(H,26,27);1H/t13-,18-;/m0./s1. The highest BCUT2D eigenvalue weighted by Crippen LogP contribution is 2.32. The van der Waals surface area contributed by atoms with Crippen LogP contribution in [-0.4, -0.2) is 43.2 Å². The Labute approximate surface area is 184 Å². The van der Waals surface area contributed by atoms with E-state index in [2.05, 4.69) is 10.6 Å². The van der Waals surface area contributed by atoms with Crippen LogP contribution in [-0.2, 0) is 4.74 Å². The number of rotatable bonds is 5. The predicted octanol–water partition coefficient (Wildman–Crippen LogP) is 3.82. The van der Waals surface area contributed by atoms with Gasteiger partial charge in [-0.1, -0.05) is 41.4 Å². The first-order valence-electron chi connectivity index (χ1n) is 8.85. The lowest BCUT2D eigenvalue weighted by atomic mass is 9.95. The lowest BCUT2D eigenvalue weighted by Crippen LogP contribution is -2.37. The minimum atomic E-state index is -1.14. The normalized spacial score (nSPS) is 19.0. The second kappa shape index (κ2) is 10.8. The number of hydrogen-bond acceptors (Lipinski definition) is 4. The van der Waals surface area contributed by atoms with E-state index in [1.54, 1.807) is 24.3 Å². The molecule has 0 aliphatic carbocycles. The molecule has 3 N–H and O–H groups in total. The molecule has 6 nitrogen and oxygen atoms in total. The lowest BCUT2D eigenvalue weighted by Gasteiger charge is -2.26. The van der Waals surface area contributed by atoms with Gasteiger partial charge in [0.1, 0.15) is 0 Å². The SMILES string of the molecule is Cl.O=C(O)c1ccccc1C(=O)NC[C@@H]1CNCCO[C@H]1c1ccc(Cl)c(Cl)c1. The molecule has 1 saturated heterocycles. The summed E-state index contributed by atoms with van der Waals surface area (Å²) >= 11 is 12.2. The quantitative estimate of drug-likeness (QED) is 0.633. The van der Waals surface area contributed by atoms with E-state index in [0.717, 1.165) is 5.56 Å². The average molecular weight is 460 g/mol. The van der Waals surface area contributed by atoms with E-state index >= 15 is 0 Å². The van der Waals surface area contributed by atoms with Crippen molar-refractivity contribution in [3.05, 3.63) is 69.2 Å². The smallest absolute Gasteiger partial charge is 0.336 e. The Balaban J connectivity index is 0.00000300. The van der Waals surface area contributed by atoms with E-state index in [1.165, 1.54) is 12.1 Å². The fraction of sp³-hybridized carbons (Fsp3) is 0.300. The Bertz CT molecular complexity index is 879. The summed E-state index contributed by atoms with van der Waals surface area (Å²) in [5.41, 5.74) is 0.975. The first-order valence-corrected chi connectivity index (χ1v) is 9.60. The van der Waals surface area contributed by atoms with Gasteiger partial charge in [-0.05, 0) is 29.8 Å². The summed E-state index contributed by atoms with van der Waals surface area (Å²) in [6.07, 6.45) is -0.278. The monoisotopic (exact) mass is 458 g/mol. The van der Waals surface area contributed by atoms with Crippen molar-refractivity contribution in [1.29, 1.82) is 0 Å². The summed E-state index contributed by atoms with van der Waals surface area (Å²) in [5, 5.41) is 16.3. The summed E-state index contributed by atoms with van der Waals surface area (Å²) in [7, 11) is 0. The van der Waals surface area contributed by atoms with E-state index in [9.17, 15) is 14.7 Å². The van der Waals surface area contributed by atoms with E-state index < -0.39 is 11.9 Å². The molecule has 1 amide bonds. The third kappa shape index (κ3) is 5.84. The van der Waals surface area contributed by atoms with Crippen molar-refractivity contribution >= 4 is 47.5 Å². The molecule has 2 aromatic carbocycles. The molecular formula is C20H21Cl3N2O4. The molecule has 0 saturated carbocycles. The molecule has 29 heavy (non-hydrogen) atoms. The Kier molecular flexibility index (Phi) is 8.74. The van der Waals surface area contributed by atoms with E-state index in [4.69, 9.17) is 27.9 Å². The third-order valence-corrected chi connectivity index (χ3v) is 5.35. The molecule has 2 aromatic rings. The van der Waals surface area contributed by atoms with Crippen molar-refractivity contribution in [3.8, 4) is 0 Å². The molecule has 2 atom stereocenters. The van der Waals surface area contributed by atoms with E-state index in [-0.39, 0.29) is 35.6 Å². The minimum Gasteiger partial charge on any atom is -0.478 e. The molecule has 1 aliphatic heterocycles. The highest BCUT2D eigenvalue weighted by Gasteiger charge is 2.27. The zero-order valence-electron chi connectivity index (χ0n) is 15.4. The van der Waals surface area contributed by atoms with Gasteiger partial charge in [0, 0.05) is 25.6 Å². The summed E-state index contributed by atoms with van der Waals surface area (Å²) in [4.78, 5) is 23.9. The van der Waals surface area contributed by atoms with Gasteiger partial charge in [-0.3, -0.25) is 4.79 Å². The van der Waals surface area contributed by atoms with E-state index in [0.29, 0.717) is 36.3 Å². The van der Waals surface area contributed by atoms with Crippen LogP contribution >= 0.6 is 35.6 Å². The van der Waals surface area contributed by atoms with Crippen LogP contribution in [0.2, 0.25) is 10.0 Å². The third-order valence-electron chi connectivity index (χ3n) is 4.61. The van der Waals surface area contributed by atoms with Gasteiger partial charge >= 0.3 is 5.97 Å². The molecular weight excluding hydrogens is 439 g/mol. The maximum Gasteiger partial charge on any atom is 0.336 e. The Morgan fingerprint density at radius 3 is 2.55 bits per heavy atom. The lowest BCUT2D eigenvalue weighted by molar-refractivity contribution is 0.0305. The Morgan fingerprint density at radius 1 is 1.14 bits per heavy atom. The average Bonchev–Trinajstić information content (AvgIpc) is 2.93. The molecule has 156 valence electrons. The minimum absolute atomic E-state index is 0. The van der Waals surface area contributed by atoms with Crippen LogP contribution in [0.15, 0.2) is 42.5 Å². The number of benzene rings is 2. The number of halogens is 3. The van der Waals surface area contributed by atoms with Crippen LogP contribution in [0.5, 0.6) is 0 Å². The first kappa shape index (κ1) is 23.4. The Morgan fingerprint density at radius 2 is 1.86 bits per heavy atom. The van der Waals surface area contributed by atoms with E-state index in [1.807, 2.05) is 6.07 Å². The number of carboxylic acids is 1. The van der Waals surface area contributed by atoms with Gasteiger partial charge < -0.3 is 20.5 Å². The van der Waals surface area contributed by atoms with Crippen molar-refractivity contribution in [2.75, 3.05) is 26.2 Å². The van der Waals surface area contributed by atoms with Crippen molar-refractivity contribution in [2.45, 2.75) is 6.10 Å². The fourth-order valence-electron chi connectivity index (χ4n) is 3.21. The molecule has 0 aromatic heterocycles. The maximum absolute atomic E-state index is 12.6. The van der Waals surface area contributed by atoms with Crippen molar-refractivity contribution in [2.24, 2.45) is 5.92 Å². The zero-order valence-corrected chi connectivity index (χ0v) is 17.7. The summed E-state index contributed by atoms with van der Waals surface area (Å²) < 4.78 is 5.99. The number of carboxylic acid groups (broad SMARTS) is 1. The molecule has 0 bridgehead atoms. The number of ether oxygens (including phenoxy) is 1. The molecule has 0 spiro atoms.